The molecular formula is C9H17NO4. The van der Waals surface area contributed by atoms with Crippen molar-refractivity contribution in [2.45, 2.75) is 32.2 Å². The number of methoxy groups -OCH3 is 1. The highest BCUT2D eigenvalue weighted by molar-refractivity contribution is 5.69. The lowest BCUT2D eigenvalue weighted by molar-refractivity contribution is -0.140. The molecular weight excluding hydrogens is 186 g/mol. The zero-order valence-corrected chi connectivity index (χ0v) is 8.58. The van der Waals surface area contributed by atoms with E-state index in [4.69, 9.17) is 5.11 Å². The predicted octanol–water partition coefficient (Wildman–Crippen LogP) is 0.392. The molecule has 0 bridgehead atoms. The highest BCUT2D eigenvalue weighted by atomic mass is 16.5. The zero-order chi connectivity index (χ0) is 11.0. The van der Waals surface area contributed by atoms with Gasteiger partial charge in [0.25, 0.3) is 0 Å². The Kier molecular flexibility index (Phi) is 6.74. The Labute approximate surface area is 83.4 Å². The van der Waals surface area contributed by atoms with Crippen LogP contribution >= 0.6 is 0 Å². The summed E-state index contributed by atoms with van der Waals surface area (Å²) in [5.74, 6) is -1.06. The van der Waals surface area contributed by atoms with Gasteiger partial charge in [-0.15, -0.1) is 0 Å². The first-order valence-electron chi connectivity index (χ1n) is 4.58. The molecule has 0 radical (unpaired) electrons. The number of aliphatic carboxylic acids is 1. The summed E-state index contributed by atoms with van der Waals surface area (Å²) in [6, 6.07) is 0.107. The van der Waals surface area contributed by atoms with Crippen LogP contribution in [0.15, 0.2) is 0 Å². The Balaban J connectivity index is 3.39. The standard InChI is InChI=1S/C9H17NO4/c1-7(3-4-8(11)12)10-6-5-9(13)14-2/h7,10H,3-6H2,1-2H3,(H,11,12). The summed E-state index contributed by atoms with van der Waals surface area (Å²) >= 11 is 0. The van der Waals surface area contributed by atoms with Crippen molar-refractivity contribution in [3.8, 4) is 0 Å². The second kappa shape index (κ2) is 7.32. The second-order valence-electron chi connectivity index (χ2n) is 3.11. The number of hydrogen-bond acceptors (Lipinski definition) is 4. The predicted molar refractivity (Wildman–Crippen MR) is 51.0 cm³/mol. The Hall–Kier alpha value is -1.10. The fourth-order valence-corrected chi connectivity index (χ4v) is 0.965. The van der Waals surface area contributed by atoms with Crippen LogP contribution in [0.25, 0.3) is 0 Å². The van der Waals surface area contributed by atoms with Crippen LogP contribution in [-0.4, -0.2) is 36.7 Å². The van der Waals surface area contributed by atoms with Crippen molar-refractivity contribution in [2.24, 2.45) is 0 Å². The first kappa shape index (κ1) is 12.9. The van der Waals surface area contributed by atoms with E-state index in [1.54, 1.807) is 0 Å². The molecule has 0 amide bonds. The second-order valence-corrected chi connectivity index (χ2v) is 3.11. The van der Waals surface area contributed by atoms with Crippen LogP contribution < -0.4 is 5.32 Å². The number of hydrogen-bond donors (Lipinski definition) is 2. The van der Waals surface area contributed by atoms with Crippen LogP contribution in [0.5, 0.6) is 0 Å². The summed E-state index contributed by atoms with van der Waals surface area (Å²) in [6.07, 6.45) is 1.02. The monoisotopic (exact) mass is 203 g/mol. The van der Waals surface area contributed by atoms with Crippen molar-refractivity contribution in [2.75, 3.05) is 13.7 Å². The highest BCUT2D eigenvalue weighted by Crippen LogP contribution is 1.96. The molecule has 0 aliphatic heterocycles. The van der Waals surface area contributed by atoms with Gasteiger partial charge in [-0.3, -0.25) is 9.59 Å². The SMILES string of the molecule is COC(=O)CCNC(C)CCC(=O)O. The molecule has 82 valence electrons. The van der Waals surface area contributed by atoms with Gasteiger partial charge in [-0.2, -0.15) is 0 Å². The summed E-state index contributed by atoms with van der Waals surface area (Å²) in [4.78, 5) is 20.9. The maximum atomic E-state index is 10.7. The summed E-state index contributed by atoms with van der Waals surface area (Å²) in [7, 11) is 1.34. The molecule has 1 atom stereocenters. The number of esters is 1. The van der Waals surface area contributed by atoms with Gasteiger partial charge in [0.1, 0.15) is 0 Å². The first-order valence-corrected chi connectivity index (χ1v) is 4.58. The van der Waals surface area contributed by atoms with Crippen molar-refractivity contribution < 1.29 is 19.4 Å². The molecule has 0 fully saturated rings. The Morgan fingerprint density at radius 1 is 1.43 bits per heavy atom. The normalized spacial score (nSPS) is 12.1. The van der Waals surface area contributed by atoms with E-state index in [1.807, 2.05) is 6.92 Å². The van der Waals surface area contributed by atoms with Crippen molar-refractivity contribution >= 4 is 11.9 Å². The van der Waals surface area contributed by atoms with E-state index in [-0.39, 0.29) is 18.4 Å². The number of carbonyl (C=O) groups excluding carboxylic acids is 1. The molecule has 0 rings (SSSR count). The lowest BCUT2D eigenvalue weighted by Gasteiger charge is -2.11. The molecule has 5 heteroatoms. The first-order chi connectivity index (χ1) is 6.56. The minimum atomic E-state index is -0.799. The van der Waals surface area contributed by atoms with Crippen LogP contribution in [0.1, 0.15) is 26.2 Å². The molecule has 0 aliphatic rings. The zero-order valence-electron chi connectivity index (χ0n) is 8.58. The summed E-state index contributed by atoms with van der Waals surface area (Å²) < 4.78 is 4.46. The number of nitrogens with one attached hydrogen (secondary N) is 1. The molecule has 14 heavy (non-hydrogen) atoms. The van der Waals surface area contributed by atoms with Gasteiger partial charge in [0.05, 0.1) is 13.5 Å². The Morgan fingerprint density at radius 3 is 2.57 bits per heavy atom. The molecule has 2 N–H and O–H groups in total. The number of carboxylic acids is 1. The highest BCUT2D eigenvalue weighted by Gasteiger charge is 2.05. The van der Waals surface area contributed by atoms with E-state index in [0.717, 1.165) is 0 Å². The third kappa shape index (κ3) is 7.54. The van der Waals surface area contributed by atoms with Crippen molar-refractivity contribution in [1.29, 1.82) is 0 Å². The quantitative estimate of drug-likeness (QED) is 0.585. The van der Waals surface area contributed by atoms with Gasteiger partial charge >= 0.3 is 11.9 Å². The Morgan fingerprint density at radius 2 is 2.07 bits per heavy atom. The maximum Gasteiger partial charge on any atom is 0.306 e. The molecule has 0 saturated heterocycles. The third-order valence-electron chi connectivity index (χ3n) is 1.84. The minimum Gasteiger partial charge on any atom is -0.481 e. The van der Waals surface area contributed by atoms with Gasteiger partial charge in [0.15, 0.2) is 0 Å². The molecule has 0 aromatic heterocycles. The molecule has 5 nitrogen and oxygen atoms in total. The smallest absolute Gasteiger partial charge is 0.306 e. The number of carbonyl (C=O) groups is 2. The number of ether oxygens (including phenoxy) is 1. The molecule has 0 aromatic rings. The lowest BCUT2D eigenvalue weighted by atomic mass is 10.2. The molecule has 0 aromatic carbocycles. The number of rotatable bonds is 7. The third-order valence-corrected chi connectivity index (χ3v) is 1.84. The molecule has 0 heterocycles. The van der Waals surface area contributed by atoms with Crippen LogP contribution in [0.4, 0.5) is 0 Å². The van der Waals surface area contributed by atoms with Crippen LogP contribution in [-0.2, 0) is 14.3 Å². The van der Waals surface area contributed by atoms with E-state index >= 15 is 0 Å². The van der Waals surface area contributed by atoms with Gasteiger partial charge < -0.3 is 15.2 Å². The average Bonchev–Trinajstić information content (AvgIpc) is 2.14. The maximum absolute atomic E-state index is 10.7. The van der Waals surface area contributed by atoms with Crippen molar-refractivity contribution in [3.63, 3.8) is 0 Å². The van der Waals surface area contributed by atoms with Gasteiger partial charge in [-0.05, 0) is 13.3 Å². The topological polar surface area (TPSA) is 75.6 Å². The van der Waals surface area contributed by atoms with Gasteiger partial charge in [0, 0.05) is 19.0 Å². The largest absolute Gasteiger partial charge is 0.481 e. The van der Waals surface area contributed by atoms with Gasteiger partial charge in [-0.25, -0.2) is 0 Å². The van der Waals surface area contributed by atoms with Crippen LogP contribution in [0.2, 0.25) is 0 Å². The van der Waals surface area contributed by atoms with Gasteiger partial charge in [-0.1, -0.05) is 0 Å². The molecule has 0 saturated carbocycles. The lowest BCUT2D eigenvalue weighted by Crippen LogP contribution is -2.29. The average molecular weight is 203 g/mol. The van der Waals surface area contributed by atoms with Crippen molar-refractivity contribution in [3.05, 3.63) is 0 Å². The fraction of sp³-hybridized carbons (Fsp3) is 0.778. The van der Waals surface area contributed by atoms with Crippen LogP contribution in [0, 0.1) is 0 Å². The van der Waals surface area contributed by atoms with Gasteiger partial charge in [0.2, 0.25) is 0 Å². The minimum absolute atomic E-state index is 0.107. The molecule has 1 unspecified atom stereocenters. The van der Waals surface area contributed by atoms with E-state index in [9.17, 15) is 9.59 Å². The van der Waals surface area contributed by atoms with Crippen LogP contribution in [0.3, 0.4) is 0 Å². The van der Waals surface area contributed by atoms with E-state index in [0.29, 0.717) is 19.4 Å². The van der Waals surface area contributed by atoms with Crippen molar-refractivity contribution in [1.82, 2.24) is 5.32 Å². The number of carboxylic acid groups (broad SMARTS) is 1. The molecule has 0 spiro atoms. The summed E-state index contributed by atoms with van der Waals surface area (Å²) in [5, 5.41) is 11.5. The van der Waals surface area contributed by atoms with E-state index in [2.05, 4.69) is 10.1 Å². The molecule has 0 aliphatic carbocycles. The Bertz CT molecular complexity index is 193. The van der Waals surface area contributed by atoms with E-state index < -0.39 is 5.97 Å². The fourth-order valence-electron chi connectivity index (χ4n) is 0.965. The summed E-state index contributed by atoms with van der Waals surface area (Å²) in [5.41, 5.74) is 0. The van der Waals surface area contributed by atoms with E-state index in [1.165, 1.54) is 7.11 Å². The summed E-state index contributed by atoms with van der Waals surface area (Å²) in [6.45, 7) is 2.41.